The number of fused-ring (bicyclic) bond motifs is 4. The number of aromatic amines is 1. The van der Waals surface area contributed by atoms with Crippen LogP contribution in [0.1, 0.15) is 57.7 Å². The van der Waals surface area contributed by atoms with Crippen LogP contribution in [0.5, 0.6) is 0 Å². The molecule has 2 aliphatic heterocycles. The number of anilines is 1. The molecule has 0 bridgehead atoms. The molecule has 5 atom stereocenters. The van der Waals surface area contributed by atoms with Gasteiger partial charge in [-0.25, -0.2) is 4.98 Å². The SMILES string of the molecule is CC1=C(N)C(=O)c2c(CS(=O)(=O)O)c3n(c2C1=O)C[C@H](N)[C@H]3Nc1nc2c(ncn2[C@H]2C[C@H](O)[C@@H](CO)O2)c(=O)[nH]1. The number of hydrogen-bond acceptors (Lipinski definition) is 13. The van der Waals surface area contributed by atoms with E-state index in [-0.39, 0.29) is 63.9 Å². The Balaban J connectivity index is 1.45. The molecule has 1 aliphatic carbocycles. The summed E-state index contributed by atoms with van der Waals surface area (Å²) in [6, 6.07) is -1.76. The van der Waals surface area contributed by atoms with Gasteiger partial charge in [0.15, 0.2) is 11.2 Å². The molecule has 9 N–H and O–H groups in total. The third-order valence-electron chi connectivity index (χ3n) is 7.70. The fraction of sp³-hybridized carbons (Fsp3) is 0.435. The van der Waals surface area contributed by atoms with E-state index in [1.54, 1.807) is 0 Å². The predicted molar refractivity (Wildman–Crippen MR) is 139 cm³/mol. The molecule has 3 aliphatic rings. The van der Waals surface area contributed by atoms with E-state index < -0.39 is 70.1 Å². The van der Waals surface area contributed by atoms with Crippen molar-refractivity contribution in [3.63, 3.8) is 0 Å². The number of imidazole rings is 1. The van der Waals surface area contributed by atoms with E-state index in [1.165, 1.54) is 22.4 Å². The molecule has 17 nitrogen and oxygen atoms in total. The lowest BCUT2D eigenvalue weighted by atomic mass is 9.89. The Kier molecular flexibility index (Phi) is 6.17. The average molecular weight is 591 g/mol. The van der Waals surface area contributed by atoms with Gasteiger partial charge in [0.1, 0.15) is 23.8 Å². The summed E-state index contributed by atoms with van der Waals surface area (Å²) in [5.74, 6) is -2.41. The first kappa shape index (κ1) is 27.2. The molecule has 0 spiro atoms. The molecule has 18 heteroatoms. The number of nitrogens with one attached hydrogen (secondary N) is 2. The third-order valence-corrected chi connectivity index (χ3v) is 8.36. The van der Waals surface area contributed by atoms with E-state index in [0.717, 1.165) is 0 Å². The highest BCUT2D eigenvalue weighted by Crippen LogP contribution is 2.41. The van der Waals surface area contributed by atoms with Crippen LogP contribution in [0.4, 0.5) is 5.95 Å². The van der Waals surface area contributed by atoms with Gasteiger partial charge in [0.25, 0.3) is 15.7 Å². The van der Waals surface area contributed by atoms with Gasteiger partial charge in [0.2, 0.25) is 17.5 Å². The second-order valence-electron chi connectivity index (χ2n) is 10.3. The largest absolute Gasteiger partial charge is 0.395 e. The van der Waals surface area contributed by atoms with E-state index in [1.807, 2.05) is 0 Å². The Bertz CT molecular complexity index is 1840. The molecule has 1 saturated heterocycles. The molecule has 5 heterocycles. The number of allylic oxidation sites excluding steroid dienone is 2. The fourth-order valence-corrected chi connectivity index (χ4v) is 6.40. The number of aliphatic hydroxyl groups excluding tert-OH is 2. The van der Waals surface area contributed by atoms with E-state index in [4.69, 9.17) is 16.2 Å². The van der Waals surface area contributed by atoms with Crippen LogP contribution in [0.3, 0.4) is 0 Å². The van der Waals surface area contributed by atoms with Gasteiger partial charge in [-0.3, -0.25) is 28.5 Å². The number of nitrogens with zero attached hydrogens (tertiary/aromatic N) is 4. The van der Waals surface area contributed by atoms with Crippen LogP contribution in [0, 0.1) is 0 Å². The van der Waals surface area contributed by atoms with Gasteiger partial charge in [-0.05, 0) is 6.92 Å². The molecule has 3 aromatic heterocycles. The maximum absolute atomic E-state index is 13.2. The molecule has 0 amide bonds. The third kappa shape index (κ3) is 4.18. The Hall–Kier alpha value is -3.94. The predicted octanol–water partition coefficient (Wildman–Crippen LogP) is -1.94. The van der Waals surface area contributed by atoms with Crippen LogP contribution >= 0.6 is 0 Å². The van der Waals surface area contributed by atoms with E-state index in [9.17, 15) is 37.6 Å². The number of aromatic nitrogens is 5. The summed E-state index contributed by atoms with van der Waals surface area (Å²) in [6.07, 6.45) is -1.12. The smallest absolute Gasteiger partial charge is 0.280 e. The maximum Gasteiger partial charge on any atom is 0.280 e. The van der Waals surface area contributed by atoms with Gasteiger partial charge >= 0.3 is 0 Å². The van der Waals surface area contributed by atoms with Crippen molar-refractivity contribution in [2.75, 3.05) is 11.9 Å². The molecule has 1 fully saturated rings. The first-order chi connectivity index (χ1) is 19.3. The second kappa shape index (κ2) is 9.29. The lowest BCUT2D eigenvalue weighted by molar-refractivity contribution is -0.0432. The zero-order valence-corrected chi connectivity index (χ0v) is 22.3. The molecular weight excluding hydrogens is 564 g/mol. The fourth-order valence-electron chi connectivity index (χ4n) is 5.75. The Morgan fingerprint density at radius 1 is 1.27 bits per heavy atom. The van der Waals surface area contributed by atoms with Crippen molar-refractivity contribution in [3.8, 4) is 0 Å². The monoisotopic (exact) mass is 590 g/mol. The molecule has 41 heavy (non-hydrogen) atoms. The number of rotatable bonds is 6. The summed E-state index contributed by atoms with van der Waals surface area (Å²) in [4.78, 5) is 50.3. The molecule has 0 unspecified atom stereocenters. The van der Waals surface area contributed by atoms with Crippen molar-refractivity contribution in [1.29, 1.82) is 0 Å². The number of carbonyl (C=O) groups excluding carboxylic acids is 2. The summed E-state index contributed by atoms with van der Waals surface area (Å²) in [5.41, 5.74) is 11.1. The molecule has 0 aromatic carbocycles. The van der Waals surface area contributed by atoms with Crippen molar-refractivity contribution in [3.05, 3.63) is 50.5 Å². The van der Waals surface area contributed by atoms with Crippen LogP contribution in [0.25, 0.3) is 11.2 Å². The van der Waals surface area contributed by atoms with Gasteiger partial charge in [-0.15, -0.1) is 0 Å². The minimum Gasteiger partial charge on any atom is -0.395 e. The van der Waals surface area contributed by atoms with Crippen molar-refractivity contribution in [1.82, 2.24) is 24.1 Å². The van der Waals surface area contributed by atoms with Gasteiger partial charge in [0, 0.05) is 35.8 Å². The van der Waals surface area contributed by atoms with E-state index in [0.29, 0.717) is 0 Å². The molecule has 0 radical (unpaired) electrons. The summed E-state index contributed by atoms with van der Waals surface area (Å²) in [7, 11) is -4.68. The first-order valence-electron chi connectivity index (χ1n) is 12.5. The number of carbonyl (C=O) groups is 2. The number of ether oxygens (including phenoxy) is 1. The van der Waals surface area contributed by atoms with Crippen molar-refractivity contribution < 1.29 is 37.5 Å². The van der Waals surface area contributed by atoms with Gasteiger partial charge in [-0.1, -0.05) is 0 Å². The number of nitrogens with two attached hydrogens (primary N) is 2. The standard InChI is InChI=1S/C23H26N8O9S/c1-7-14(25)20(35)13-8(5-41(37,38)39)17-15(9(24)3-30(17)18(13)19(7)34)27-23-28-21-16(22(36)29-23)26-6-31(21)12-2-10(33)11(4-32)40-12/h6,9-12,15,32-33H,2-5,24-25H2,1H3,(H,37,38,39)(H2,27,28,29,36)/t9-,10-,11+,12+,15+/m0/s1. The lowest BCUT2D eigenvalue weighted by Crippen LogP contribution is -2.33. The minimum atomic E-state index is -4.68. The van der Waals surface area contributed by atoms with Crippen molar-refractivity contribution in [2.24, 2.45) is 11.5 Å². The topological polar surface area (TPSA) is 271 Å². The van der Waals surface area contributed by atoms with Gasteiger partial charge in [0.05, 0.1) is 36.3 Å². The number of aliphatic hydroxyl groups is 2. The lowest BCUT2D eigenvalue weighted by Gasteiger charge is -2.20. The van der Waals surface area contributed by atoms with Crippen LogP contribution in [0.15, 0.2) is 22.4 Å². The van der Waals surface area contributed by atoms with Crippen molar-refractivity contribution in [2.45, 2.75) is 56.2 Å². The van der Waals surface area contributed by atoms with Gasteiger partial charge < -0.3 is 36.3 Å². The number of ketones is 2. The number of hydrogen-bond donors (Lipinski definition) is 7. The van der Waals surface area contributed by atoms with Crippen LogP contribution < -0.4 is 22.3 Å². The zero-order chi connectivity index (χ0) is 29.5. The molecule has 0 saturated carbocycles. The summed E-state index contributed by atoms with van der Waals surface area (Å²) in [5, 5.41) is 22.5. The summed E-state index contributed by atoms with van der Waals surface area (Å²) >= 11 is 0. The maximum atomic E-state index is 13.2. The minimum absolute atomic E-state index is 0.00131. The highest BCUT2D eigenvalue weighted by Gasteiger charge is 2.45. The van der Waals surface area contributed by atoms with Crippen LogP contribution in [-0.2, 0) is 27.2 Å². The normalized spacial score (nSPS) is 26.2. The average Bonchev–Trinajstić information content (AvgIpc) is 3.63. The van der Waals surface area contributed by atoms with E-state index >= 15 is 0 Å². The quantitative estimate of drug-likeness (QED) is 0.154. The van der Waals surface area contributed by atoms with E-state index in [2.05, 4.69) is 20.3 Å². The number of H-pyrrole nitrogens is 1. The first-order valence-corrected chi connectivity index (χ1v) is 14.1. The zero-order valence-electron chi connectivity index (χ0n) is 21.4. The highest BCUT2D eigenvalue weighted by molar-refractivity contribution is 7.85. The molecule has 3 aromatic rings. The molecule has 6 rings (SSSR count). The van der Waals surface area contributed by atoms with Crippen molar-refractivity contribution >= 4 is 38.8 Å². The Morgan fingerprint density at radius 2 is 2.00 bits per heavy atom. The Labute approximate surface area is 230 Å². The molecular formula is C23H26N8O9S. The second-order valence-corrected chi connectivity index (χ2v) is 11.7. The summed E-state index contributed by atoms with van der Waals surface area (Å²) < 4.78 is 42.2. The molecule has 218 valence electrons. The highest BCUT2D eigenvalue weighted by atomic mass is 32.2. The number of Topliss-reactive ketones (excluding diaryl/α,β-unsaturated/α-hetero) is 2. The Morgan fingerprint density at radius 3 is 2.66 bits per heavy atom. The van der Waals surface area contributed by atoms with Crippen LogP contribution in [-0.4, -0.2) is 83.7 Å². The summed E-state index contributed by atoms with van der Waals surface area (Å²) in [6.45, 7) is 0.966. The van der Waals surface area contributed by atoms with Crippen LogP contribution in [0.2, 0.25) is 0 Å². The van der Waals surface area contributed by atoms with Gasteiger partial charge in [-0.2, -0.15) is 13.4 Å².